The van der Waals surface area contributed by atoms with Crippen molar-refractivity contribution in [3.63, 3.8) is 0 Å². The average Bonchev–Trinajstić information content (AvgIpc) is 2.72. The molecule has 0 unspecified atom stereocenters. The number of para-hydroxylation sites is 1. The first-order valence-corrected chi connectivity index (χ1v) is 7.73. The van der Waals surface area contributed by atoms with E-state index >= 15 is 0 Å². The first-order chi connectivity index (χ1) is 11.5. The first-order valence-electron chi connectivity index (χ1n) is 6.94. The van der Waals surface area contributed by atoms with Gasteiger partial charge in [0.2, 0.25) is 5.43 Å². The SMILES string of the molecule is COc1cccc(/C=C\C(=O)c2cc(Br)ccc(=O)c2O)c1OC. The number of hydrogen-bond acceptors (Lipinski definition) is 5. The van der Waals surface area contributed by atoms with Crippen molar-refractivity contribution in [3.05, 3.63) is 68.3 Å². The second kappa shape index (κ2) is 7.79. The first kappa shape index (κ1) is 17.7. The monoisotopic (exact) mass is 390 g/mol. The zero-order valence-corrected chi connectivity index (χ0v) is 14.7. The summed E-state index contributed by atoms with van der Waals surface area (Å²) in [4.78, 5) is 24.0. The zero-order chi connectivity index (χ0) is 17.7. The van der Waals surface area contributed by atoms with Crippen molar-refractivity contribution in [1.29, 1.82) is 0 Å². The predicted octanol–water partition coefficient (Wildman–Crippen LogP) is 3.43. The number of allylic oxidation sites excluding steroid dienone is 1. The van der Waals surface area contributed by atoms with Gasteiger partial charge in [0.25, 0.3) is 0 Å². The predicted molar refractivity (Wildman–Crippen MR) is 95.0 cm³/mol. The molecule has 124 valence electrons. The quantitative estimate of drug-likeness (QED) is 0.625. The number of ether oxygens (including phenoxy) is 2. The number of hydrogen-bond donors (Lipinski definition) is 1. The van der Waals surface area contributed by atoms with Gasteiger partial charge in [-0.1, -0.05) is 28.1 Å². The van der Waals surface area contributed by atoms with Crippen molar-refractivity contribution in [2.24, 2.45) is 0 Å². The number of carbonyl (C=O) groups excluding carboxylic acids is 1. The Bertz CT molecular complexity index is 858. The summed E-state index contributed by atoms with van der Waals surface area (Å²) >= 11 is 3.20. The van der Waals surface area contributed by atoms with Gasteiger partial charge in [-0.15, -0.1) is 0 Å². The lowest BCUT2D eigenvalue weighted by Gasteiger charge is -2.09. The van der Waals surface area contributed by atoms with E-state index in [2.05, 4.69) is 15.9 Å². The van der Waals surface area contributed by atoms with E-state index in [-0.39, 0.29) is 5.56 Å². The third kappa shape index (κ3) is 3.83. The summed E-state index contributed by atoms with van der Waals surface area (Å²) in [5.41, 5.74) is -0.0854. The standard InChI is InChI=1S/C18H15BrO5/c1-23-16-5-3-4-11(18(16)24-2)6-8-14(20)13-10-12(19)7-9-15(21)17(13)22/h3-10H,1-2H3,(H,21,22)/b8-6-. The maximum absolute atomic E-state index is 12.4. The molecular formula is C18H15BrO5. The highest BCUT2D eigenvalue weighted by atomic mass is 79.9. The molecule has 24 heavy (non-hydrogen) atoms. The fourth-order valence-electron chi connectivity index (χ4n) is 2.11. The van der Waals surface area contributed by atoms with Gasteiger partial charge in [0.05, 0.1) is 19.8 Å². The molecule has 0 spiro atoms. The maximum atomic E-state index is 12.4. The number of halogens is 1. The van der Waals surface area contributed by atoms with Crippen molar-refractivity contribution in [3.8, 4) is 17.2 Å². The smallest absolute Gasteiger partial charge is 0.220 e. The molecule has 0 fully saturated rings. The highest BCUT2D eigenvalue weighted by Gasteiger charge is 2.12. The van der Waals surface area contributed by atoms with Crippen molar-refractivity contribution in [2.75, 3.05) is 14.2 Å². The topological polar surface area (TPSA) is 72.8 Å². The third-order valence-corrected chi connectivity index (χ3v) is 3.77. The summed E-state index contributed by atoms with van der Waals surface area (Å²) < 4.78 is 11.0. The lowest BCUT2D eigenvalue weighted by atomic mass is 10.1. The largest absolute Gasteiger partial charge is 0.504 e. The third-order valence-electron chi connectivity index (χ3n) is 3.28. The summed E-state index contributed by atoms with van der Waals surface area (Å²) in [6, 6.07) is 9.30. The maximum Gasteiger partial charge on any atom is 0.220 e. The lowest BCUT2D eigenvalue weighted by Crippen LogP contribution is -2.01. The minimum atomic E-state index is -0.628. The van der Waals surface area contributed by atoms with Crippen LogP contribution in [-0.2, 0) is 0 Å². The van der Waals surface area contributed by atoms with Crippen molar-refractivity contribution in [2.45, 2.75) is 0 Å². The summed E-state index contributed by atoms with van der Waals surface area (Å²) in [6.45, 7) is 0. The van der Waals surface area contributed by atoms with E-state index in [9.17, 15) is 14.7 Å². The van der Waals surface area contributed by atoms with E-state index in [0.29, 0.717) is 21.5 Å². The summed E-state index contributed by atoms with van der Waals surface area (Å²) in [5, 5.41) is 9.90. The summed E-state index contributed by atoms with van der Waals surface area (Å²) in [6.07, 6.45) is 2.80. The molecule has 0 heterocycles. The Morgan fingerprint density at radius 2 is 1.92 bits per heavy atom. The average molecular weight is 391 g/mol. The highest BCUT2D eigenvalue weighted by molar-refractivity contribution is 9.10. The van der Waals surface area contributed by atoms with Crippen LogP contribution in [0.25, 0.3) is 6.08 Å². The van der Waals surface area contributed by atoms with Gasteiger partial charge in [0.15, 0.2) is 23.0 Å². The van der Waals surface area contributed by atoms with Crippen LogP contribution in [-0.4, -0.2) is 25.1 Å². The molecule has 2 rings (SSSR count). The molecule has 6 heteroatoms. The van der Waals surface area contributed by atoms with Crippen LogP contribution < -0.4 is 14.9 Å². The Labute approximate surface area is 147 Å². The molecule has 0 aliphatic rings. The van der Waals surface area contributed by atoms with Gasteiger partial charge >= 0.3 is 0 Å². The lowest BCUT2D eigenvalue weighted by molar-refractivity contribution is 0.104. The van der Waals surface area contributed by atoms with Crippen LogP contribution in [0.4, 0.5) is 0 Å². The second-order valence-corrected chi connectivity index (χ2v) is 5.69. The van der Waals surface area contributed by atoms with Gasteiger partial charge in [-0.05, 0) is 36.4 Å². The van der Waals surface area contributed by atoms with E-state index in [4.69, 9.17) is 9.47 Å². The van der Waals surface area contributed by atoms with Crippen molar-refractivity contribution < 1.29 is 19.4 Å². The Hall–Kier alpha value is -2.60. The molecule has 0 aromatic heterocycles. The fraction of sp³-hybridized carbons (Fsp3) is 0.111. The molecule has 0 bridgehead atoms. The van der Waals surface area contributed by atoms with E-state index < -0.39 is 17.0 Å². The van der Waals surface area contributed by atoms with Gasteiger partial charge in [-0.25, -0.2) is 0 Å². The molecule has 0 atom stereocenters. The zero-order valence-electron chi connectivity index (χ0n) is 13.1. The normalized spacial score (nSPS) is 10.6. The van der Waals surface area contributed by atoms with Gasteiger partial charge in [-0.3, -0.25) is 9.59 Å². The molecule has 1 N–H and O–H groups in total. The van der Waals surface area contributed by atoms with Crippen LogP contribution in [0.15, 0.2) is 51.7 Å². The van der Waals surface area contributed by atoms with E-state index in [1.807, 2.05) is 0 Å². The van der Waals surface area contributed by atoms with Gasteiger partial charge in [0, 0.05) is 10.0 Å². The van der Waals surface area contributed by atoms with Gasteiger partial charge < -0.3 is 14.6 Å². The van der Waals surface area contributed by atoms with Crippen LogP contribution in [0.3, 0.4) is 0 Å². The molecule has 0 aliphatic carbocycles. The molecule has 2 aromatic rings. The van der Waals surface area contributed by atoms with Gasteiger partial charge in [-0.2, -0.15) is 0 Å². The Morgan fingerprint density at radius 1 is 1.17 bits per heavy atom. The van der Waals surface area contributed by atoms with E-state index in [0.717, 1.165) is 0 Å². The number of methoxy groups -OCH3 is 2. The van der Waals surface area contributed by atoms with E-state index in [1.165, 1.54) is 44.6 Å². The molecule has 0 radical (unpaired) electrons. The van der Waals surface area contributed by atoms with Crippen LogP contribution in [0, 0.1) is 0 Å². The van der Waals surface area contributed by atoms with Crippen LogP contribution in [0.2, 0.25) is 0 Å². The molecule has 2 aromatic carbocycles. The summed E-state index contributed by atoms with van der Waals surface area (Å²) in [7, 11) is 3.02. The number of aromatic hydroxyl groups is 1. The molecule has 0 saturated heterocycles. The number of carbonyl (C=O) groups is 1. The van der Waals surface area contributed by atoms with Crippen molar-refractivity contribution >= 4 is 27.8 Å². The Morgan fingerprint density at radius 3 is 2.58 bits per heavy atom. The highest BCUT2D eigenvalue weighted by Crippen LogP contribution is 2.31. The molecule has 0 aliphatic heterocycles. The molecule has 0 amide bonds. The fourth-order valence-corrected chi connectivity index (χ4v) is 2.47. The number of rotatable bonds is 5. The van der Waals surface area contributed by atoms with Crippen LogP contribution >= 0.6 is 15.9 Å². The minimum Gasteiger partial charge on any atom is -0.504 e. The number of benzene rings is 1. The Kier molecular flexibility index (Phi) is 5.76. The van der Waals surface area contributed by atoms with E-state index in [1.54, 1.807) is 18.2 Å². The minimum absolute atomic E-state index is 0.0880. The number of ketones is 1. The molecule has 5 nitrogen and oxygen atoms in total. The Balaban J connectivity index is 2.43. The van der Waals surface area contributed by atoms with Crippen LogP contribution in [0.5, 0.6) is 17.2 Å². The van der Waals surface area contributed by atoms with Gasteiger partial charge in [0.1, 0.15) is 0 Å². The molecule has 0 saturated carbocycles. The van der Waals surface area contributed by atoms with Crippen LogP contribution in [0.1, 0.15) is 15.9 Å². The molecular weight excluding hydrogens is 376 g/mol. The summed E-state index contributed by atoms with van der Waals surface area (Å²) in [5.74, 6) is -0.0810. The second-order valence-electron chi connectivity index (χ2n) is 4.77. The van der Waals surface area contributed by atoms with Crippen molar-refractivity contribution in [1.82, 2.24) is 0 Å².